The lowest BCUT2D eigenvalue weighted by Gasteiger charge is -2.17. The van der Waals surface area contributed by atoms with Crippen molar-refractivity contribution < 1.29 is 9.59 Å². The van der Waals surface area contributed by atoms with Crippen molar-refractivity contribution in [3.05, 3.63) is 41.4 Å². The summed E-state index contributed by atoms with van der Waals surface area (Å²) in [5.41, 5.74) is 0.723. The predicted molar refractivity (Wildman–Crippen MR) is 84.6 cm³/mol. The van der Waals surface area contributed by atoms with Gasteiger partial charge >= 0.3 is 0 Å². The second-order valence-electron chi connectivity index (χ2n) is 5.57. The van der Waals surface area contributed by atoms with Crippen molar-refractivity contribution in [1.29, 1.82) is 0 Å². The van der Waals surface area contributed by atoms with Crippen LogP contribution in [0.2, 0.25) is 0 Å². The van der Waals surface area contributed by atoms with E-state index in [9.17, 15) is 9.59 Å². The van der Waals surface area contributed by atoms with Gasteiger partial charge in [-0.3, -0.25) is 14.9 Å². The summed E-state index contributed by atoms with van der Waals surface area (Å²) in [6, 6.07) is 6.75. The molecule has 21 heavy (non-hydrogen) atoms. The molecule has 0 aliphatic rings. The first-order chi connectivity index (χ1) is 9.86. The molecule has 0 spiro atoms. The number of rotatable bonds is 3. The van der Waals surface area contributed by atoms with E-state index in [0.717, 1.165) is 0 Å². The summed E-state index contributed by atoms with van der Waals surface area (Å²) in [6.07, 6.45) is 1.63. The highest BCUT2D eigenvalue weighted by Gasteiger charge is 2.21. The number of nitrogens with one attached hydrogen (secondary N) is 2. The molecule has 2 N–H and O–H groups in total. The normalized spacial score (nSPS) is 11.0. The van der Waals surface area contributed by atoms with Crippen molar-refractivity contribution >= 4 is 34.0 Å². The maximum absolute atomic E-state index is 12.0. The van der Waals surface area contributed by atoms with Gasteiger partial charge in [0.15, 0.2) is 5.13 Å². The summed E-state index contributed by atoms with van der Waals surface area (Å²) >= 11 is 1.36. The van der Waals surface area contributed by atoms with E-state index in [0.29, 0.717) is 16.4 Å². The summed E-state index contributed by atoms with van der Waals surface area (Å²) in [4.78, 5) is 27.8. The van der Waals surface area contributed by atoms with Crippen LogP contribution in [0, 0.1) is 5.41 Å². The first kappa shape index (κ1) is 15.2. The molecule has 0 saturated carbocycles. The summed E-state index contributed by atoms with van der Waals surface area (Å²) in [7, 11) is 0. The molecule has 6 heteroatoms. The molecule has 2 rings (SSSR count). The number of anilines is 2. The zero-order chi connectivity index (χ0) is 15.5. The third-order valence-corrected chi connectivity index (χ3v) is 3.43. The van der Waals surface area contributed by atoms with Crippen molar-refractivity contribution in [3.8, 4) is 0 Å². The number of amides is 2. The number of thiazole rings is 1. The average Bonchev–Trinajstić information content (AvgIpc) is 2.91. The van der Waals surface area contributed by atoms with Crippen LogP contribution >= 0.6 is 11.3 Å². The summed E-state index contributed by atoms with van der Waals surface area (Å²) in [5, 5.41) is 7.87. The van der Waals surface area contributed by atoms with Gasteiger partial charge in [0.1, 0.15) is 0 Å². The van der Waals surface area contributed by atoms with Crippen LogP contribution in [0.4, 0.5) is 10.8 Å². The zero-order valence-corrected chi connectivity index (χ0v) is 13.0. The van der Waals surface area contributed by atoms with Gasteiger partial charge in [-0.2, -0.15) is 0 Å². The van der Waals surface area contributed by atoms with Gasteiger partial charge in [0, 0.05) is 28.2 Å². The molecule has 1 heterocycles. The van der Waals surface area contributed by atoms with Crippen LogP contribution < -0.4 is 10.6 Å². The summed E-state index contributed by atoms with van der Waals surface area (Å²) in [6.45, 7) is 5.54. The van der Waals surface area contributed by atoms with Crippen molar-refractivity contribution in [2.75, 3.05) is 10.6 Å². The molecule has 0 fully saturated rings. The zero-order valence-electron chi connectivity index (χ0n) is 12.1. The number of nitrogens with zero attached hydrogens (tertiary/aromatic N) is 1. The quantitative estimate of drug-likeness (QED) is 0.913. The Morgan fingerprint density at radius 3 is 2.29 bits per heavy atom. The average molecular weight is 303 g/mol. The van der Waals surface area contributed by atoms with E-state index in [4.69, 9.17) is 0 Å². The molecule has 0 saturated heterocycles. The fraction of sp³-hybridized carbons (Fsp3) is 0.267. The number of hydrogen-bond donors (Lipinski definition) is 2. The van der Waals surface area contributed by atoms with Crippen molar-refractivity contribution in [2.24, 2.45) is 5.41 Å². The third kappa shape index (κ3) is 4.13. The Hall–Kier alpha value is -2.21. The topological polar surface area (TPSA) is 71.1 Å². The Morgan fingerprint density at radius 2 is 1.76 bits per heavy atom. The van der Waals surface area contributed by atoms with Crippen LogP contribution in [0.3, 0.4) is 0 Å². The Morgan fingerprint density at radius 1 is 1.10 bits per heavy atom. The molecule has 110 valence electrons. The second-order valence-corrected chi connectivity index (χ2v) is 6.47. The predicted octanol–water partition coefficient (Wildman–Crippen LogP) is 3.38. The molecule has 0 aliphatic heterocycles. The highest BCUT2D eigenvalue weighted by molar-refractivity contribution is 7.13. The van der Waals surface area contributed by atoms with Crippen LogP contribution in [-0.4, -0.2) is 16.8 Å². The van der Waals surface area contributed by atoms with E-state index in [1.165, 1.54) is 11.3 Å². The number of benzene rings is 1. The smallest absolute Gasteiger partial charge is 0.257 e. The largest absolute Gasteiger partial charge is 0.326 e. The number of hydrogen-bond acceptors (Lipinski definition) is 4. The van der Waals surface area contributed by atoms with Gasteiger partial charge in [0.05, 0.1) is 0 Å². The van der Waals surface area contributed by atoms with Crippen LogP contribution in [0.15, 0.2) is 35.8 Å². The van der Waals surface area contributed by atoms with Gasteiger partial charge in [-0.1, -0.05) is 20.8 Å². The van der Waals surface area contributed by atoms with Gasteiger partial charge in [-0.15, -0.1) is 11.3 Å². The lowest BCUT2D eigenvalue weighted by molar-refractivity contribution is -0.123. The monoisotopic (exact) mass is 303 g/mol. The van der Waals surface area contributed by atoms with E-state index in [2.05, 4.69) is 15.6 Å². The maximum atomic E-state index is 12.0. The lowest BCUT2D eigenvalue weighted by Crippen LogP contribution is -2.27. The minimum absolute atomic E-state index is 0.0671. The minimum Gasteiger partial charge on any atom is -0.326 e. The Labute approximate surface area is 127 Å². The molecule has 0 aliphatic carbocycles. The summed E-state index contributed by atoms with van der Waals surface area (Å²) in [5.74, 6) is -0.291. The molecular formula is C15H17N3O2S. The van der Waals surface area contributed by atoms with Gasteiger partial charge in [-0.05, 0) is 24.3 Å². The molecule has 0 atom stereocenters. The van der Waals surface area contributed by atoms with E-state index in [-0.39, 0.29) is 11.8 Å². The van der Waals surface area contributed by atoms with Crippen LogP contribution in [-0.2, 0) is 4.79 Å². The highest BCUT2D eigenvalue weighted by atomic mass is 32.1. The Bertz CT molecular complexity index is 628. The standard InChI is InChI=1S/C15H17N3O2S/c1-15(2,3)13(20)17-11-6-4-10(5-7-11)12(19)18-14-16-8-9-21-14/h4-9H,1-3H3,(H,17,20)(H,16,18,19). The fourth-order valence-electron chi connectivity index (χ4n) is 1.48. The molecule has 2 aromatic rings. The molecule has 0 unspecified atom stereocenters. The lowest BCUT2D eigenvalue weighted by atomic mass is 9.95. The van der Waals surface area contributed by atoms with Crippen molar-refractivity contribution in [3.63, 3.8) is 0 Å². The number of carbonyl (C=O) groups is 2. The molecule has 2 amide bonds. The van der Waals surface area contributed by atoms with E-state index in [1.807, 2.05) is 20.8 Å². The summed E-state index contributed by atoms with van der Waals surface area (Å²) < 4.78 is 0. The fourth-order valence-corrected chi connectivity index (χ4v) is 2.00. The van der Waals surface area contributed by atoms with Gasteiger partial charge in [0.2, 0.25) is 5.91 Å². The van der Waals surface area contributed by atoms with Crippen LogP contribution in [0.1, 0.15) is 31.1 Å². The minimum atomic E-state index is -0.457. The third-order valence-electron chi connectivity index (χ3n) is 2.74. The first-order valence-corrected chi connectivity index (χ1v) is 7.36. The Kier molecular flexibility index (Phi) is 4.37. The van der Waals surface area contributed by atoms with Gasteiger partial charge < -0.3 is 5.32 Å². The molecule has 5 nitrogen and oxygen atoms in total. The molecule has 1 aromatic heterocycles. The van der Waals surface area contributed by atoms with E-state index >= 15 is 0 Å². The number of aromatic nitrogens is 1. The Balaban J connectivity index is 2.02. The van der Waals surface area contributed by atoms with Crippen molar-refractivity contribution in [2.45, 2.75) is 20.8 Å². The first-order valence-electron chi connectivity index (χ1n) is 6.48. The van der Waals surface area contributed by atoms with E-state index < -0.39 is 5.41 Å². The van der Waals surface area contributed by atoms with Crippen LogP contribution in [0.5, 0.6) is 0 Å². The number of carbonyl (C=O) groups excluding carboxylic acids is 2. The van der Waals surface area contributed by atoms with Gasteiger partial charge in [0.25, 0.3) is 5.91 Å². The van der Waals surface area contributed by atoms with Crippen molar-refractivity contribution in [1.82, 2.24) is 4.98 Å². The van der Waals surface area contributed by atoms with Crippen LogP contribution in [0.25, 0.3) is 0 Å². The van der Waals surface area contributed by atoms with Gasteiger partial charge in [-0.25, -0.2) is 4.98 Å². The second kappa shape index (κ2) is 6.05. The molecule has 0 bridgehead atoms. The molecular weight excluding hydrogens is 286 g/mol. The SMILES string of the molecule is CC(C)(C)C(=O)Nc1ccc(C(=O)Nc2nccs2)cc1. The molecule has 0 radical (unpaired) electrons. The molecule has 1 aromatic carbocycles. The van der Waals surface area contributed by atoms with E-state index in [1.54, 1.807) is 35.8 Å². The maximum Gasteiger partial charge on any atom is 0.257 e. The highest BCUT2D eigenvalue weighted by Crippen LogP contribution is 2.18.